The number of para-hydroxylation sites is 1. The number of amides is 1. The molecule has 20 heavy (non-hydrogen) atoms. The molecule has 0 saturated heterocycles. The number of ether oxygens (including phenoxy) is 1. The topological polar surface area (TPSA) is 98.5 Å². The fourth-order valence-electron chi connectivity index (χ4n) is 1.67. The summed E-state index contributed by atoms with van der Waals surface area (Å²) < 4.78 is 28.9. The van der Waals surface area contributed by atoms with E-state index in [-0.39, 0.29) is 41.3 Å². The number of carbonyl (C=O) groups is 1. The van der Waals surface area contributed by atoms with Crippen molar-refractivity contribution >= 4 is 21.4 Å². The first-order valence-corrected chi connectivity index (χ1v) is 7.94. The van der Waals surface area contributed by atoms with Crippen LogP contribution in [-0.2, 0) is 19.4 Å². The van der Waals surface area contributed by atoms with Gasteiger partial charge in [0, 0.05) is 13.7 Å². The van der Waals surface area contributed by atoms with Gasteiger partial charge in [-0.05, 0) is 12.1 Å². The van der Waals surface area contributed by atoms with E-state index in [4.69, 9.17) is 10.5 Å². The molecule has 0 aromatic heterocycles. The molecule has 0 heterocycles. The van der Waals surface area contributed by atoms with Gasteiger partial charge in [0.15, 0.2) is 9.84 Å². The summed E-state index contributed by atoms with van der Waals surface area (Å²) in [6.45, 7) is 1.78. The highest BCUT2D eigenvalue weighted by Crippen LogP contribution is 2.22. The smallest absolute Gasteiger partial charge is 0.227 e. The predicted molar refractivity (Wildman–Crippen MR) is 77.3 cm³/mol. The van der Waals surface area contributed by atoms with Crippen molar-refractivity contribution in [2.24, 2.45) is 5.73 Å². The number of sulfone groups is 1. The van der Waals surface area contributed by atoms with Crippen LogP contribution < -0.4 is 11.1 Å². The number of benzene rings is 1. The molecule has 0 aliphatic carbocycles. The minimum Gasteiger partial charge on any atom is -0.380 e. The van der Waals surface area contributed by atoms with Gasteiger partial charge in [-0.3, -0.25) is 4.79 Å². The maximum absolute atomic E-state index is 11.9. The lowest BCUT2D eigenvalue weighted by Gasteiger charge is -2.14. The summed E-state index contributed by atoms with van der Waals surface area (Å²) in [4.78, 5) is 12.0. The van der Waals surface area contributed by atoms with E-state index in [0.29, 0.717) is 0 Å². The van der Waals surface area contributed by atoms with Gasteiger partial charge in [0.2, 0.25) is 5.91 Å². The van der Waals surface area contributed by atoms with Crippen LogP contribution in [0, 0.1) is 0 Å². The van der Waals surface area contributed by atoms with Crippen molar-refractivity contribution in [3.63, 3.8) is 0 Å². The molecule has 7 heteroatoms. The summed E-state index contributed by atoms with van der Waals surface area (Å²) in [7, 11) is -1.91. The van der Waals surface area contributed by atoms with E-state index in [2.05, 4.69) is 5.32 Å². The molecule has 0 radical (unpaired) electrons. The van der Waals surface area contributed by atoms with Crippen molar-refractivity contribution in [1.82, 2.24) is 0 Å². The molecule has 112 valence electrons. The predicted octanol–water partition coefficient (Wildman–Crippen LogP) is 0.783. The minimum absolute atomic E-state index is 0.0244. The Morgan fingerprint density at radius 3 is 2.60 bits per heavy atom. The van der Waals surface area contributed by atoms with E-state index in [9.17, 15) is 13.2 Å². The highest BCUT2D eigenvalue weighted by Gasteiger charge is 2.18. The zero-order valence-corrected chi connectivity index (χ0v) is 12.4. The molecule has 3 N–H and O–H groups in total. The van der Waals surface area contributed by atoms with Gasteiger partial charge >= 0.3 is 0 Å². The molecule has 1 aromatic carbocycles. The third-order valence-electron chi connectivity index (χ3n) is 2.89. The van der Waals surface area contributed by atoms with Crippen LogP contribution in [0.1, 0.15) is 13.3 Å². The molecule has 0 aliphatic heterocycles. The van der Waals surface area contributed by atoms with Gasteiger partial charge in [0.1, 0.15) is 0 Å². The molecule has 0 spiro atoms. The summed E-state index contributed by atoms with van der Waals surface area (Å²) in [5.74, 6) is -0.357. The standard InChI is InChI=1S/C13H20N2O4S/c1-3-20(17,18)12-7-5-4-6-11(12)15-13(16)8-10(9-14)19-2/h4-7,10H,3,8-9,14H2,1-2H3,(H,15,16). The number of nitrogens with two attached hydrogens (primary N) is 1. The summed E-state index contributed by atoms with van der Waals surface area (Å²) in [5.41, 5.74) is 5.73. The van der Waals surface area contributed by atoms with Crippen LogP contribution in [0.5, 0.6) is 0 Å². The maximum atomic E-state index is 11.9. The number of carbonyl (C=O) groups excluding carboxylic acids is 1. The third kappa shape index (κ3) is 4.29. The summed E-state index contributed by atoms with van der Waals surface area (Å²) in [6, 6.07) is 6.33. The molecule has 0 bridgehead atoms. The van der Waals surface area contributed by atoms with Gasteiger partial charge in [-0.15, -0.1) is 0 Å². The Morgan fingerprint density at radius 1 is 1.40 bits per heavy atom. The number of methoxy groups -OCH3 is 1. The van der Waals surface area contributed by atoms with Crippen LogP contribution in [0.25, 0.3) is 0 Å². The Hall–Kier alpha value is -1.44. The molecule has 1 rings (SSSR count). The maximum Gasteiger partial charge on any atom is 0.227 e. The van der Waals surface area contributed by atoms with Gasteiger partial charge < -0.3 is 15.8 Å². The normalized spacial score (nSPS) is 12.9. The Morgan fingerprint density at radius 2 is 2.05 bits per heavy atom. The quantitative estimate of drug-likeness (QED) is 0.775. The monoisotopic (exact) mass is 300 g/mol. The largest absolute Gasteiger partial charge is 0.380 e. The Labute approximate surface area is 119 Å². The first-order valence-electron chi connectivity index (χ1n) is 6.29. The van der Waals surface area contributed by atoms with E-state index < -0.39 is 9.84 Å². The fraction of sp³-hybridized carbons (Fsp3) is 0.462. The lowest BCUT2D eigenvalue weighted by Crippen LogP contribution is -2.28. The van der Waals surface area contributed by atoms with Gasteiger partial charge in [-0.25, -0.2) is 8.42 Å². The molecule has 1 unspecified atom stereocenters. The van der Waals surface area contributed by atoms with Crippen LogP contribution in [0.4, 0.5) is 5.69 Å². The second kappa shape index (κ2) is 7.37. The molecule has 0 fully saturated rings. The molecular formula is C13H20N2O4S. The van der Waals surface area contributed by atoms with E-state index in [1.54, 1.807) is 25.1 Å². The SMILES string of the molecule is CCS(=O)(=O)c1ccccc1NC(=O)CC(CN)OC. The third-order valence-corrected chi connectivity index (χ3v) is 4.67. The van der Waals surface area contributed by atoms with Crippen LogP contribution >= 0.6 is 0 Å². The highest BCUT2D eigenvalue weighted by molar-refractivity contribution is 7.91. The molecule has 0 aliphatic rings. The molecule has 1 aromatic rings. The van der Waals surface area contributed by atoms with Crippen molar-refractivity contribution in [1.29, 1.82) is 0 Å². The van der Waals surface area contributed by atoms with Crippen LogP contribution in [0.15, 0.2) is 29.2 Å². The van der Waals surface area contributed by atoms with Crippen molar-refractivity contribution in [3.05, 3.63) is 24.3 Å². The molecule has 1 amide bonds. The Kier molecular flexibility index (Phi) is 6.12. The van der Waals surface area contributed by atoms with Crippen LogP contribution in [-0.4, -0.2) is 39.8 Å². The number of nitrogens with one attached hydrogen (secondary N) is 1. The minimum atomic E-state index is -3.38. The molecule has 1 atom stereocenters. The lowest BCUT2D eigenvalue weighted by atomic mass is 10.2. The Bertz CT molecular complexity index is 553. The fourth-order valence-corrected chi connectivity index (χ4v) is 2.72. The van der Waals surface area contributed by atoms with E-state index in [0.717, 1.165) is 0 Å². The zero-order valence-electron chi connectivity index (χ0n) is 11.6. The number of hydrogen-bond donors (Lipinski definition) is 2. The van der Waals surface area contributed by atoms with Gasteiger partial charge in [-0.2, -0.15) is 0 Å². The van der Waals surface area contributed by atoms with Crippen molar-refractivity contribution in [2.45, 2.75) is 24.3 Å². The zero-order chi connectivity index (χ0) is 15.2. The summed E-state index contributed by atoms with van der Waals surface area (Å²) in [5, 5.41) is 2.60. The second-order valence-corrected chi connectivity index (χ2v) is 6.49. The number of anilines is 1. The first kappa shape index (κ1) is 16.6. The lowest BCUT2D eigenvalue weighted by molar-refractivity contribution is -0.118. The van der Waals surface area contributed by atoms with Crippen molar-refractivity contribution in [2.75, 3.05) is 24.7 Å². The van der Waals surface area contributed by atoms with Crippen molar-refractivity contribution in [3.8, 4) is 0 Å². The van der Waals surface area contributed by atoms with Crippen molar-refractivity contribution < 1.29 is 17.9 Å². The van der Waals surface area contributed by atoms with Gasteiger partial charge in [0.25, 0.3) is 0 Å². The average Bonchev–Trinajstić information content (AvgIpc) is 2.45. The average molecular weight is 300 g/mol. The Balaban J connectivity index is 2.91. The van der Waals surface area contributed by atoms with Crippen LogP contribution in [0.2, 0.25) is 0 Å². The highest BCUT2D eigenvalue weighted by atomic mass is 32.2. The molecular weight excluding hydrogens is 280 g/mol. The summed E-state index contributed by atoms with van der Waals surface area (Å²) >= 11 is 0. The number of hydrogen-bond acceptors (Lipinski definition) is 5. The van der Waals surface area contributed by atoms with Crippen LogP contribution in [0.3, 0.4) is 0 Å². The van der Waals surface area contributed by atoms with E-state index in [1.165, 1.54) is 13.2 Å². The first-order chi connectivity index (χ1) is 9.44. The summed E-state index contributed by atoms with van der Waals surface area (Å²) in [6.07, 6.45) is -0.307. The molecule has 0 saturated carbocycles. The van der Waals surface area contributed by atoms with E-state index >= 15 is 0 Å². The van der Waals surface area contributed by atoms with E-state index in [1.807, 2.05) is 0 Å². The number of rotatable bonds is 7. The molecule has 6 nitrogen and oxygen atoms in total. The second-order valence-electron chi connectivity index (χ2n) is 4.25. The van der Waals surface area contributed by atoms with Gasteiger partial charge in [0.05, 0.1) is 28.9 Å². The van der Waals surface area contributed by atoms with Gasteiger partial charge in [-0.1, -0.05) is 19.1 Å².